The Kier molecular flexibility index (Phi) is 3.86. The number of carbonyl (C=O) groups excluding carboxylic acids is 1. The van der Waals surface area contributed by atoms with E-state index < -0.39 is 21.8 Å². The summed E-state index contributed by atoms with van der Waals surface area (Å²) in [6.07, 6.45) is 0. The minimum absolute atomic E-state index is 0.0266. The molecule has 0 aliphatic heterocycles. The average molecular weight is 244 g/mol. The molecular weight excluding hydrogens is 234 g/mol. The fraction of sp³-hybridized carbons (Fsp3) is 0.222. The van der Waals surface area contributed by atoms with E-state index in [0.717, 1.165) is 0 Å². The molecule has 0 fully saturated rings. The summed E-state index contributed by atoms with van der Waals surface area (Å²) < 4.78 is 30.8. The van der Waals surface area contributed by atoms with Crippen LogP contribution in [0, 0.1) is 0 Å². The van der Waals surface area contributed by atoms with Crippen molar-refractivity contribution in [1.29, 1.82) is 0 Å². The summed E-state index contributed by atoms with van der Waals surface area (Å²) in [4.78, 5) is 11.4. The summed E-state index contributed by atoms with van der Waals surface area (Å²) in [7, 11) is -4.31. The number of rotatable bonds is 4. The molecular formula is C9H10NO5S-. The van der Waals surface area contributed by atoms with Crippen molar-refractivity contribution in [2.24, 2.45) is 0 Å². The van der Waals surface area contributed by atoms with Gasteiger partial charge in [0.05, 0.1) is 15.9 Å². The molecule has 1 aromatic carbocycles. The van der Waals surface area contributed by atoms with Gasteiger partial charge in [-0.15, -0.1) is 0 Å². The number of benzene rings is 1. The van der Waals surface area contributed by atoms with Crippen LogP contribution in [0.25, 0.3) is 0 Å². The van der Waals surface area contributed by atoms with Crippen LogP contribution in [0.4, 0.5) is 0 Å². The third-order valence-electron chi connectivity index (χ3n) is 1.77. The lowest BCUT2D eigenvalue weighted by Gasteiger charge is -2.08. The Morgan fingerprint density at radius 1 is 1.31 bits per heavy atom. The molecule has 2 N–H and O–H groups in total. The lowest BCUT2D eigenvalue weighted by Crippen LogP contribution is -2.28. The molecule has 0 aliphatic rings. The number of nitrogens with one attached hydrogen (secondary N) is 1. The highest BCUT2D eigenvalue weighted by atomic mass is 32.2. The van der Waals surface area contributed by atoms with Crippen molar-refractivity contribution in [3.8, 4) is 5.75 Å². The van der Waals surface area contributed by atoms with E-state index >= 15 is 0 Å². The molecule has 1 aromatic rings. The Labute approximate surface area is 92.7 Å². The van der Waals surface area contributed by atoms with Crippen LogP contribution in [0.15, 0.2) is 24.3 Å². The Morgan fingerprint density at radius 2 is 1.88 bits per heavy atom. The maximum absolute atomic E-state index is 11.4. The molecule has 0 radical (unpaired) electrons. The van der Waals surface area contributed by atoms with E-state index in [1.165, 1.54) is 24.3 Å². The molecule has 6 nitrogen and oxygen atoms in total. The lowest BCUT2D eigenvalue weighted by atomic mass is 10.2. The molecule has 0 aromatic heterocycles. The number of hydrogen-bond acceptors (Lipinski definition) is 5. The molecule has 7 heteroatoms. The summed E-state index contributed by atoms with van der Waals surface area (Å²) in [5.74, 6) is -1.11. The van der Waals surface area contributed by atoms with Gasteiger partial charge < -0.3 is 15.0 Å². The summed E-state index contributed by atoms with van der Waals surface area (Å²) >= 11 is 0. The quantitative estimate of drug-likeness (QED) is 0.705. The van der Waals surface area contributed by atoms with Gasteiger partial charge in [-0.2, -0.15) is 0 Å². The van der Waals surface area contributed by atoms with Crippen molar-refractivity contribution in [2.75, 3.05) is 12.3 Å². The fourth-order valence-corrected chi connectivity index (χ4v) is 1.36. The van der Waals surface area contributed by atoms with Crippen molar-refractivity contribution < 1.29 is 22.9 Å². The maximum atomic E-state index is 11.4. The van der Waals surface area contributed by atoms with Gasteiger partial charge >= 0.3 is 0 Å². The van der Waals surface area contributed by atoms with Crippen LogP contribution in [0.5, 0.6) is 5.75 Å². The van der Waals surface area contributed by atoms with Crippen LogP contribution in [-0.4, -0.2) is 36.3 Å². The predicted octanol–water partition coefficient (Wildman–Crippen LogP) is -0.333. The molecule has 16 heavy (non-hydrogen) atoms. The van der Waals surface area contributed by atoms with Gasteiger partial charge in [-0.1, -0.05) is 0 Å². The molecule has 0 bridgehead atoms. The molecule has 88 valence electrons. The molecule has 0 unspecified atom stereocenters. The molecule has 0 saturated carbocycles. The van der Waals surface area contributed by atoms with Crippen LogP contribution in [-0.2, 0) is 10.1 Å². The van der Waals surface area contributed by atoms with Gasteiger partial charge in [-0.05, 0) is 24.3 Å². The summed E-state index contributed by atoms with van der Waals surface area (Å²) in [5.41, 5.74) is 0.279. The molecule has 0 aliphatic carbocycles. The van der Waals surface area contributed by atoms with E-state index in [0.29, 0.717) is 0 Å². The minimum atomic E-state index is -4.31. The van der Waals surface area contributed by atoms with Crippen LogP contribution < -0.4 is 5.32 Å². The number of phenols is 1. The zero-order valence-electron chi connectivity index (χ0n) is 8.21. The number of hydrogen-bond donors (Lipinski definition) is 2. The maximum Gasteiger partial charge on any atom is 0.251 e. The first-order valence-electron chi connectivity index (χ1n) is 4.39. The van der Waals surface area contributed by atoms with E-state index in [-0.39, 0.29) is 17.9 Å². The van der Waals surface area contributed by atoms with E-state index in [4.69, 9.17) is 5.11 Å². The molecule has 0 atom stereocenters. The van der Waals surface area contributed by atoms with Gasteiger partial charge in [-0.25, -0.2) is 8.42 Å². The number of aromatic hydroxyl groups is 1. The Morgan fingerprint density at radius 3 is 2.38 bits per heavy atom. The lowest BCUT2D eigenvalue weighted by molar-refractivity contribution is 0.0956. The van der Waals surface area contributed by atoms with E-state index in [1.54, 1.807) is 0 Å². The van der Waals surface area contributed by atoms with Gasteiger partial charge in [0.15, 0.2) is 0 Å². The second kappa shape index (κ2) is 4.95. The predicted molar refractivity (Wildman–Crippen MR) is 55.0 cm³/mol. The van der Waals surface area contributed by atoms with Gasteiger partial charge in [0.2, 0.25) is 0 Å². The smallest absolute Gasteiger partial charge is 0.251 e. The standard InChI is InChI=1S/C9H11NO5S/c11-8-3-1-7(2-4-8)9(12)10-5-6-16(13,14)15/h1-4,11H,5-6H2,(H,10,12)(H,13,14,15)/p-1. The SMILES string of the molecule is O=C(NCCS(=O)(=O)[O-])c1ccc(O)cc1. The van der Waals surface area contributed by atoms with Crippen molar-refractivity contribution in [2.45, 2.75) is 0 Å². The average Bonchev–Trinajstić information content (AvgIpc) is 2.16. The molecule has 1 rings (SSSR count). The Hall–Kier alpha value is -1.60. The molecule has 0 heterocycles. The first kappa shape index (κ1) is 12.5. The van der Waals surface area contributed by atoms with Crippen molar-refractivity contribution in [3.05, 3.63) is 29.8 Å². The van der Waals surface area contributed by atoms with Crippen LogP contribution in [0.1, 0.15) is 10.4 Å². The second-order valence-electron chi connectivity index (χ2n) is 3.06. The second-order valence-corrected chi connectivity index (χ2v) is 4.59. The van der Waals surface area contributed by atoms with Crippen molar-refractivity contribution in [1.82, 2.24) is 5.32 Å². The molecule has 0 saturated heterocycles. The van der Waals surface area contributed by atoms with Gasteiger partial charge in [0.25, 0.3) is 5.91 Å². The van der Waals surface area contributed by atoms with Crippen LogP contribution in [0.2, 0.25) is 0 Å². The highest BCUT2D eigenvalue weighted by Gasteiger charge is 2.05. The summed E-state index contributed by atoms with van der Waals surface area (Å²) in [6, 6.07) is 5.44. The first-order chi connectivity index (χ1) is 7.38. The van der Waals surface area contributed by atoms with Crippen molar-refractivity contribution in [3.63, 3.8) is 0 Å². The number of carbonyl (C=O) groups is 1. The van der Waals surface area contributed by atoms with Gasteiger partial charge in [-0.3, -0.25) is 4.79 Å². The number of phenolic OH excluding ortho intramolecular Hbond substituents is 1. The largest absolute Gasteiger partial charge is 0.748 e. The first-order valence-corrected chi connectivity index (χ1v) is 5.97. The van der Waals surface area contributed by atoms with Gasteiger partial charge in [0, 0.05) is 12.1 Å². The molecule has 1 amide bonds. The van der Waals surface area contributed by atoms with Gasteiger partial charge in [0.1, 0.15) is 5.75 Å². The monoisotopic (exact) mass is 244 g/mol. The third kappa shape index (κ3) is 4.28. The fourth-order valence-electron chi connectivity index (χ4n) is 1.00. The highest BCUT2D eigenvalue weighted by Crippen LogP contribution is 2.09. The normalized spacial score (nSPS) is 11.1. The Bertz CT molecular complexity index is 465. The van der Waals surface area contributed by atoms with Crippen LogP contribution in [0.3, 0.4) is 0 Å². The minimum Gasteiger partial charge on any atom is -0.748 e. The summed E-state index contributed by atoms with van der Waals surface area (Å²) in [5, 5.41) is 11.2. The zero-order chi connectivity index (χ0) is 12.2. The topological polar surface area (TPSA) is 107 Å². The Balaban J connectivity index is 2.50. The zero-order valence-corrected chi connectivity index (χ0v) is 9.03. The number of amides is 1. The molecule has 0 spiro atoms. The highest BCUT2D eigenvalue weighted by molar-refractivity contribution is 7.85. The van der Waals surface area contributed by atoms with Crippen LogP contribution >= 0.6 is 0 Å². The van der Waals surface area contributed by atoms with Crippen molar-refractivity contribution >= 4 is 16.0 Å². The van der Waals surface area contributed by atoms with E-state index in [2.05, 4.69) is 5.32 Å². The summed E-state index contributed by atoms with van der Waals surface area (Å²) in [6.45, 7) is -0.231. The third-order valence-corrected chi connectivity index (χ3v) is 2.47. The van der Waals surface area contributed by atoms with E-state index in [9.17, 15) is 17.8 Å². The van der Waals surface area contributed by atoms with E-state index in [1.807, 2.05) is 0 Å².